The van der Waals surface area contributed by atoms with E-state index in [9.17, 15) is 4.79 Å². The predicted molar refractivity (Wildman–Crippen MR) is 85.5 cm³/mol. The van der Waals surface area contributed by atoms with Gasteiger partial charge >= 0.3 is 0 Å². The molecule has 0 bridgehead atoms. The number of hydrogen-bond acceptors (Lipinski definition) is 3. The highest BCUT2D eigenvalue weighted by molar-refractivity contribution is 5.99. The first-order chi connectivity index (χ1) is 10.1. The molecule has 1 heterocycles. The monoisotopic (exact) mass is 290 g/mol. The number of carbonyl (C=O) groups excluding carboxylic acids is 1. The molecule has 1 aromatic carbocycles. The van der Waals surface area contributed by atoms with E-state index in [1.165, 1.54) is 0 Å². The lowest BCUT2D eigenvalue weighted by atomic mass is 9.94. The number of nitrogens with zero attached hydrogens (tertiary/aromatic N) is 1. The predicted octanol–water partition coefficient (Wildman–Crippen LogP) is 2.74. The van der Waals surface area contributed by atoms with Crippen LogP contribution in [0.2, 0.25) is 0 Å². The summed E-state index contributed by atoms with van der Waals surface area (Å²) in [7, 11) is 0. The van der Waals surface area contributed by atoms with Crippen molar-refractivity contribution in [1.82, 2.24) is 4.90 Å². The van der Waals surface area contributed by atoms with Crippen LogP contribution >= 0.6 is 0 Å². The van der Waals surface area contributed by atoms with E-state index in [1.54, 1.807) is 0 Å². The number of para-hydroxylation sites is 1. The van der Waals surface area contributed by atoms with Gasteiger partial charge in [0.1, 0.15) is 0 Å². The third kappa shape index (κ3) is 4.21. The summed E-state index contributed by atoms with van der Waals surface area (Å²) in [5.41, 5.74) is 1.65. The first-order valence-electron chi connectivity index (χ1n) is 7.87. The van der Waals surface area contributed by atoms with Gasteiger partial charge in [0.2, 0.25) is 0 Å². The van der Waals surface area contributed by atoms with Crippen LogP contribution in [-0.4, -0.2) is 41.7 Å². The Bertz CT molecular complexity index is 472. The summed E-state index contributed by atoms with van der Waals surface area (Å²) >= 11 is 0. The maximum absolute atomic E-state index is 12.8. The third-order valence-corrected chi connectivity index (χ3v) is 3.95. The molecule has 0 spiro atoms. The summed E-state index contributed by atoms with van der Waals surface area (Å²) in [6.45, 7) is 5.92. The molecule has 1 amide bonds. The van der Waals surface area contributed by atoms with Crippen LogP contribution in [-0.2, 0) is 0 Å². The third-order valence-electron chi connectivity index (χ3n) is 3.95. The summed E-state index contributed by atoms with van der Waals surface area (Å²) in [5.74, 6) is 0.527. The quantitative estimate of drug-likeness (QED) is 0.876. The Labute approximate surface area is 127 Å². The van der Waals surface area contributed by atoms with Crippen LogP contribution in [0.3, 0.4) is 0 Å². The largest absolute Gasteiger partial charge is 0.396 e. The highest BCUT2D eigenvalue weighted by Gasteiger charge is 2.25. The van der Waals surface area contributed by atoms with Gasteiger partial charge in [-0.2, -0.15) is 0 Å². The van der Waals surface area contributed by atoms with Gasteiger partial charge in [-0.1, -0.05) is 12.1 Å². The fourth-order valence-corrected chi connectivity index (χ4v) is 2.94. The van der Waals surface area contributed by atoms with Crippen LogP contribution in [0.25, 0.3) is 0 Å². The first kappa shape index (κ1) is 15.8. The number of amides is 1. The second-order valence-electron chi connectivity index (χ2n) is 6.12. The molecule has 4 nitrogen and oxygen atoms in total. The standard InChI is InChI=1S/C17H26N2O2/c1-13(2)18-16-8-4-3-7-15(16)17(21)19-10-5-6-14(12-19)9-11-20/h3-4,7-8,13-14,18,20H,5-6,9-12H2,1-2H3. The van der Waals surface area contributed by atoms with Crippen LogP contribution in [0.4, 0.5) is 5.69 Å². The molecule has 116 valence electrons. The number of nitrogens with one attached hydrogen (secondary N) is 1. The Kier molecular flexibility index (Phi) is 5.62. The van der Waals surface area contributed by atoms with Crippen LogP contribution in [0.5, 0.6) is 0 Å². The van der Waals surface area contributed by atoms with Gasteiger partial charge in [0.05, 0.1) is 5.56 Å². The fourth-order valence-electron chi connectivity index (χ4n) is 2.94. The van der Waals surface area contributed by atoms with Gasteiger partial charge in [-0.05, 0) is 51.2 Å². The molecule has 21 heavy (non-hydrogen) atoms. The van der Waals surface area contributed by atoms with E-state index in [2.05, 4.69) is 19.2 Å². The summed E-state index contributed by atoms with van der Waals surface area (Å²) in [6, 6.07) is 8.01. The highest BCUT2D eigenvalue weighted by atomic mass is 16.3. The van der Waals surface area contributed by atoms with Gasteiger partial charge in [0, 0.05) is 31.4 Å². The second kappa shape index (κ2) is 7.46. The SMILES string of the molecule is CC(C)Nc1ccccc1C(=O)N1CCCC(CCO)C1. The minimum Gasteiger partial charge on any atom is -0.396 e. The molecule has 1 aromatic rings. The summed E-state index contributed by atoms with van der Waals surface area (Å²) in [6.07, 6.45) is 2.92. The molecule has 2 N–H and O–H groups in total. The van der Waals surface area contributed by atoms with Crippen LogP contribution < -0.4 is 5.32 Å². The second-order valence-corrected chi connectivity index (χ2v) is 6.12. The normalized spacial score (nSPS) is 18.9. The lowest BCUT2D eigenvalue weighted by molar-refractivity contribution is 0.0654. The zero-order chi connectivity index (χ0) is 15.2. The number of carbonyl (C=O) groups is 1. The zero-order valence-electron chi connectivity index (χ0n) is 13.0. The Morgan fingerprint density at radius 3 is 2.90 bits per heavy atom. The molecule has 4 heteroatoms. The molecule has 1 aliphatic rings. The molecule has 0 aromatic heterocycles. The number of aliphatic hydroxyl groups excluding tert-OH is 1. The number of piperidine rings is 1. The average molecular weight is 290 g/mol. The molecule has 1 unspecified atom stereocenters. The molecule has 1 fully saturated rings. The van der Waals surface area contributed by atoms with E-state index in [0.717, 1.165) is 43.6 Å². The Morgan fingerprint density at radius 1 is 1.43 bits per heavy atom. The minimum atomic E-state index is 0.0985. The van der Waals surface area contributed by atoms with Gasteiger partial charge in [-0.15, -0.1) is 0 Å². The van der Waals surface area contributed by atoms with Crippen molar-refractivity contribution in [3.8, 4) is 0 Å². The fraction of sp³-hybridized carbons (Fsp3) is 0.588. The van der Waals surface area contributed by atoms with Crippen LogP contribution in [0.15, 0.2) is 24.3 Å². The Morgan fingerprint density at radius 2 is 2.19 bits per heavy atom. The van der Waals surface area contributed by atoms with Crippen molar-refractivity contribution in [2.75, 3.05) is 25.0 Å². The van der Waals surface area contributed by atoms with Crippen molar-refractivity contribution in [1.29, 1.82) is 0 Å². The van der Waals surface area contributed by atoms with E-state index in [1.807, 2.05) is 29.2 Å². The van der Waals surface area contributed by atoms with E-state index < -0.39 is 0 Å². The van der Waals surface area contributed by atoms with Crippen molar-refractivity contribution < 1.29 is 9.90 Å². The van der Waals surface area contributed by atoms with Crippen molar-refractivity contribution in [3.05, 3.63) is 29.8 Å². The lowest BCUT2D eigenvalue weighted by Crippen LogP contribution is -2.40. The van der Waals surface area contributed by atoms with E-state index in [4.69, 9.17) is 5.11 Å². The van der Waals surface area contributed by atoms with Gasteiger partial charge in [-0.25, -0.2) is 0 Å². The molecule has 1 saturated heterocycles. The number of likely N-dealkylation sites (tertiary alicyclic amines) is 1. The van der Waals surface area contributed by atoms with Gasteiger partial charge < -0.3 is 15.3 Å². The number of benzene rings is 1. The minimum absolute atomic E-state index is 0.0985. The molecule has 2 rings (SSSR count). The van der Waals surface area contributed by atoms with E-state index in [-0.39, 0.29) is 12.5 Å². The molecule has 0 saturated carbocycles. The number of anilines is 1. The Balaban J connectivity index is 2.12. The summed E-state index contributed by atoms with van der Waals surface area (Å²) in [5, 5.41) is 12.4. The van der Waals surface area contributed by atoms with Crippen molar-refractivity contribution in [3.63, 3.8) is 0 Å². The molecular formula is C17H26N2O2. The van der Waals surface area contributed by atoms with E-state index >= 15 is 0 Å². The van der Waals surface area contributed by atoms with E-state index in [0.29, 0.717) is 12.0 Å². The molecular weight excluding hydrogens is 264 g/mol. The smallest absolute Gasteiger partial charge is 0.255 e. The molecule has 1 atom stereocenters. The first-order valence-corrected chi connectivity index (χ1v) is 7.87. The average Bonchev–Trinajstić information content (AvgIpc) is 2.47. The highest BCUT2D eigenvalue weighted by Crippen LogP contribution is 2.24. The summed E-state index contributed by atoms with van der Waals surface area (Å²) < 4.78 is 0. The molecule has 0 aliphatic carbocycles. The van der Waals surface area contributed by atoms with Crippen LogP contribution in [0, 0.1) is 5.92 Å². The van der Waals surface area contributed by atoms with Gasteiger partial charge in [-0.3, -0.25) is 4.79 Å². The zero-order valence-corrected chi connectivity index (χ0v) is 13.0. The topological polar surface area (TPSA) is 52.6 Å². The lowest BCUT2D eigenvalue weighted by Gasteiger charge is -2.33. The Hall–Kier alpha value is -1.55. The van der Waals surface area contributed by atoms with Crippen molar-refractivity contribution in [2.45, 2.75) is 39.2 Å². The number of aliphatic hydroxyl groups is 1. The maximum atomic E-state index is 12.8. The van der Waals surface area contributed by atoms with Crippen molar-refractivity contribution >= 4 is 11.6 Å². The molecule has 0 radical (unpaired) electrons. The van der Waals surface area contributed by atoms with Crippen LogP contribution in [0.1, 0.15) is 43.5 Å². The van der Waals surface area contributed by atoms with Gasteiger partial charge in [0.15, 0.2) is 0 Å². The number of rotatable bonds is 5. The number of hydrogen-bond donors (Lipinski definition) is 2. The summed E-state index contributed by atoms with van der Waals surface area (Å²) in [4.78, 5) is 14.7. The molecule has 1 aliphatic heterocycles. The van der Waals surface area contributed by atoms with Crippen molar-refractivity contribution in [2.24, 2.45) is 5.92 Å². The van der Waals surface area contributed by atoms with Gasteiger partial charge in [0.25, 0.3) is 5.91 Å². The maximum Gasteiger partial charge on any atom is 0.255 e.